The summed E-state index contributed by atoms with van der Waals surface area (Å²) >= 11 is 6.00. The molecule has 0 unspecified atom stereocenters. The number of nitrogens with one attached hydrogen (secondary N) is 1. The van der Waals surface area contributed by atoms with Crippen molar-refractivity contribution in [1.29, 1.82) is 0 Å². The molecule has 0 bridgehead atoms. The highest BCUT2D eigenvalue weighted by molar-refractivity contribution is 6.32. The van der Waals surface area contributed by atoms with Crippen molar-refractivity contribution in [2.75, 3.05) is 5.32 Å². The van der Waals surface area contributed by atoms with Crippen LogP contribution < -0.4 is 5.32 Å². The van der Waals surface area contributed by atoms with Gasteiger partial charge in [-0.3, -0.25) is 0 Å². The van der Waals surface area contributed by atoms with Crippen LogP contribution in [0, 0.1) is 6.92 Å². The van der Waals surface area contributed by atoms with Crippen molar-refractivity contribution >= 4 is 34.4 Å². The Morgan fingerprint density at radius 2 is 1.94 bits per heavy atom. The molecule has 7 heteroatoms. The second-order valence-corrected chi connectivity index (χ2v) is 4.13. The van der Waals surface area contributed by atoms with Gasteiger partial charge in [-0.15, -0.1) is 0 Å². The molecule has 6 nitrogen and oxygen atoms in total. The number of nitrogens with zero attached hydrogens (tertiary/aromatic N) is 4. The maximum Gasteiger partial charge on any atom is 0.245 e. The minimum atomic E-state index is 0.222. The smallest absolute Gasteiger partial charge is 0.245 e. The van der Waals surface area contributed by atoms with Crippen LogP contribution in [0.1, 0.15) is 5.56 Å². The summed E-state index contributed by atoms with van der Waals surface area (Å²) in [7, 11) is 0. The fraction of sp³-hybridized carbons (Fsp3) is 0.0909. The molecule has 0 atom stereocenters. The molecule has 3 rings (SSSR count). The minimum Gasteiger partial charge on any atom is -0.338 e. The second-order valence-electron chi connectivity index (χ2n) is 3.77. The standard InChI is InChI=1S/C11H8ClN5O/c1-6-3-2-4-7(5-6)13-9-8(12)14-10-11(15-9)17-18-16-10/h2-5H,1H3,(H,13,15,17). The zero-order valence-corrected chi connectivity index (χ0v) is 10.1. The van der Waals surface area contributed by atoms with E-state index >= 15 is 0 Å². The molecule has 90 valence electrons. The molecule has 1 N–H and O–H groups in total. The lowest BCUT2D eigenvalue weighted by molar-refractivity contribution is 0.314. The van der Waals surface area contributed by atoms with Crippen molar-refractivity contribution < 1.29 is 4.63 Å². The van der Waals surface area contributed by atoms with E-state index in [4.69, 9.17) is 11.6 Å². The number of rotatable bonds is 2. The van der Waals surface area contributed by atoms with E-state index in [1.165, 1.54) is 0 Å². The van der Waals surface area contributed by atoms with E-state index in [9.17, 15) is 0 Å². The van der Waals surface area contributed by atoms with Crippen LogP contribution in [-0.4, -0.2) is 20.3 Å². The van der Waals surface area contributed by atoms with Crippen molar-refractivity contribution in [2.45, 2.75) is 6.92 Å². The third-order valence-corrected chi connectivity index (χ3v) is 2.62. The molecule has 18 heavy (non-hydrogen) atoms. The lowest BCUT2D eigenvalue weighted by Crippen LogP contribution is -1.97. The zero-order chi connectivity index (χ0) is 12.5. The molecule has 0 radical (unpaired) electrons. The third-order valence-electron chi connectivity index (χ3n) is 2.35. The van der Waals surface area contributed by atoms with Gasteiger partial charge in [0.25, 0.3) is 0 Å². The molecule has 0 aliphatic heterocycles. The summed E-state index contributed by atoms with van der Waals surface area (Å²) in [5, 5.41) is 10.5. The fourth-order valence-corrected chi connectivity index (χ4v) is 1.73. The second kappa shape index (κ2) is 4.23. The molecule has 0 aliphatic carbocycles. The van der Waals surface area contributed by atoms with Crippen molar-refractivity contribution in [1.82, 2.24) is 20.3 Å². The number of aromatic nitrogens is 4. The molecule has 2 heterocycles. The predicted molar refractivity (Wildman–Crippen MR) is 66.9 cm³/mol. The van der Waals surface area contributed by atoms with E-state index in [-0.39, 0.29) is 10.8 Å². The van der Waals surface area contributed by atoms with Crippen molar-refractivity contribution in [3.8, 4) is 0 Å². The Morgan fingerprint density at radius 3 is 2.72 bits per heavy atom. The SMILES string of the molecule is Cc1cccc(Nc2nc3nonc3nc2Cl)c1. The first-order valence-electron chi connectivity index (χ1n) is 5.22. The van der Waals surface area contributed by atoms with Gasteiger partial charge in [-0.2, -0.15) is 0 Å². The first kappa shape index (κ1) is 10.9. The third kappa shape index (κ3) is 1.98. The molecule has 0 spiro atoms. The molecular formula is C11H8ClN5O. The maximum atomic E-state index is 6.00. The maximum absolute atomic E-state index is 6.00. The first-order valence-corrected chi connectivity index (χ1v) is 5.60. The Kier molecular flexibility index (Phi) is 2.56. The average Bonchev–Trinajstić information content (AvgIpc) is 2.76. The summed E-state index contributed by atoms with van der Waals surface area (Å²) in [6.07, 6.45) is 0. The summed E-state index contributed by atoms with van der Waals surface area (Å²) in [5.74, 6) is 0.422. The van der Waals surface area contributed by atoms with Gasteiger partial charge in [-0.25, -0.2) is 14.6 Å². The van der Waals surface area contributed by atoms with Gasteiger partial charge >= 0.3 is 0 Å². The highest BCUT2D eigenvalue weighted by Crippen LogP contribution is 2.23. The van der Waals surface area contributed by atoms with E-state index in [1.807, 2.05) is 31.2 Å². The average molecular weight is 262 g/mol. The Labute approximate surface area is 107 Å². The molecule has 0 amide bonds. The van der Waals surface area contributed by atoms with E-state index in [0.29, 0.717) is 11.5 Å². The number of hydrogen-bond donors (Lipinski definition) is 1. The van der Waals surface area contributed by atoms with Crippen molar-refractivity contribution in [3.05, 3.63) is 35.0 Å². The van der Waals surface area contributed by atoms with E-state index in [2.05, 4.69) is 30.2 Å². The molecule has 0 saturated heterocycles. The Morgan fingerprint density at radius 1 is 1.17 bits per heavy atom. The first-order chi connectivity index (χ1) is 8.72. The highest BCUT2D eigenvalue weighted by atomic mass is 35.5. The summed E-state index contributed by atoms with van der Waals surface area (Å²) in [5.41, 5.74) is 2.61. The molecule has 1 aromatic carbocycles. The van der Waals surface area contributed by atoms with Crippen molar-refractivity contribution in [2.24, 2.45) is 0 Å². The van der Waals surface area contributed by atoms with Crippen molar-refractivity contribution in [3.63, 3.8) is 0 Å². The monoisotopic (exact) mass is 261 g/mol. The summed E-state index contributed by atoms with van der Waals surface area (Å²) in [6.45, 7) is 2.00. The van der Waals surface area contributed by atoms with Crippen LogP contribution in [0.3, 0.4) is 0 Å². The van der Waals surface area contributed by atoms with Gasteiger partial charge in [0.1, 0.15) is 0 Å². The molecule has 0 fully saturated rings. The number of fused-ring (bicyclic) bond motifs is 1. The minimum absolute atomic E-state index is 0.222. The van der Waals surface area contributed by atoms with Gasteiger partial charge in [-0.05, 0) is 34.9 Å². The topological polar surface area (TPSA) is 76.7 Å². The number of anilines is 2. The number of benzene rings is 1. The molecule has 3 aromatic rings. The normalized spacial score (nSPS) is 10.8. The van der Waals surface area contributed by atoms with Gasteiger partial charge in [0, 0.05) is 5.69 Å². The van der Waals surface area contributed by atoms with Gasteiger partial charge in [0.05, 0.1) is 0 Å². The van der Waals surface area contributed by atoms with E-state index in [1.54, 1.807) is 0 Å². The van der Waals surface area contributed by atoms with Gasteiger partial charge in [-0.1, -0.05) is 23.7 Å². The van der Waals surface area contributed by atoms with Gasteiger partial charge in [0.2, 0.25) is 11.3 Å². The Balaban J connectivity index is 2.01. The van der Waals surface area contributed by atoms with Gasteiger partial charge < -0.3 is 5.32 Å². The van der Waals surface area contributed by atoms with Crippen LogP contribution in [-0.2, 0) is 0 Å². The highest BCUT2D eigenvalue weighted by Gasteiger charge is 2.10. The van der Waals surface area contributed by atoms with Crippen LogP contribution in [0.4, 0.5) is 11.5 Å². The number of hydrogen-bond acceptors (Lipinski definition) is 6. The molecule has 2 aromatic heterocycles. The summed E-state index contributed by atoms with van der Waals surface area (Å²) in [6, 6.07) is 7.83. The van der Waals surface area contributed by atoms with Gasteiger partial charge in [0.15, 0.2) is 11.0 Å². The molecule has 0 saturated carbocycles. The van der Waals surface area contributed by atoms with Crippen LogP contribution >= 0.6 is 11.6 Å². The van der Waals surface area contributed by atoms with E-state index < -0.39 is 0 Å². The number of aryl methyl sites for hydroxylation is 1. The number of halogens is 1. The predicted octanol–water partition coefficient (Wildman–Crippen LogP) is 2.72. The van der Waals surface area contributed by atoms with Crippen LogP contribution in [0.25, 0.3) is 11.3 Å². The van der Waals surface area contributed by atoms with Crippen LogP contribution in [0.5, 0.6) is 0 Å². The fourth-order valence-electron chi connectivity index (χ4n) is 1.56. The molecular weight excluding hydrogens is 254 g/mol. The quantitative estimate of drug-likeness (QED) is 0.764. The Hall–Kier alpha value is -2.21. The Bertz CT molecular complexity index is 711. The van der Waals surface area contributed by atoms with Crippen LogP contribution in [0.15, 0.2) is 28.9 Å². The summed E-state index contributed by atoms with van der Waals surface area (Å²) < 4.78 is 4.53. The zero-order valence-electron chi connectivity index (χ0n) is 9.38. The van der Waals surface area contributed by atoms with E-state index in [0.717, 1.165) is 11.3 Å². The lowest BCUT2D eigenvalue weighted by atomic mass is 10.2. The molecule has 0 aliphatic rings. The lowest BCUT2D eigenvalue weighted by Gasteiger charge is -2.06. The largest absolute Gasteiger partial charge is 0.338 e. The summed E-state index contributed by atoms with van der Waals surface area (Å²) in [4.78, 5) is 8.21. The van der Waals surface area contributed by atoms with Crippen LogP contribution in [0.2, 0.25) is 5.15 Å².